The highest BCUT2D eigenvalue weighted by Gasteiger charge is 2.23. The summed E-state index contributed by atoms with van der Waals surface area (Å²) in [5, 5.41) is 0. The third kappa shape index (κ3) is 2.99. The molecule has 0 aliphatic carbocycles. The Labute approximate surface area is 117 Å². The number of hydrogen-bond acceptors (Lipinski definition) is 4. The molecule has 106 valence electrons. The van der Waals surface area contributed by atoms with E-state index in [0.717, 1.165) is 43.9 Å². The summed E-state index contributed by atoms with van der Waals surface area (Å²) in [6, 6.07) is 5.55. The van der Waals surface area contributed by atoms with Crippen molar-refractivity contribution in [3.05, 3.63) is 52.1 Å². The van der Waals surface area contributed by atoms with Crippen molar-refractivity contribution in [2.24, 2.45) is 0 Å². The number of hydrogen-bond donors (Lipinski definition) is 1. The van der Waals surface area contributed by atoms with Crippen LogP contribution in [0.25, 0.3) is 0 Å². The summed E-state index contributed by atoms with van der Waals surface area (Å²) in [6.07, 6.45) is 3.92. The number of rotatable bonds is 3. The third-order valence-corrected chi connectivity index (χ3v) is 3.76. The SMILES string of the molecule is Cc1nc(C2CCCN(Cc3ccco3)C2)cc(=O)[nH]1. The number of nitrogens with one attached hydrogen (secondary N) is 1. The van der Waals surface area contributed by atoms with Crippen LogP contribution in [0.4, 0.5) is 0 Å². The van der Waals surface area contributed by atoms with Crippen LogP contribution < -0.4 is 5.56 Å². The average Bonchev–Trinajstić information content (AvgIpc) is 2.91. The molecule has 1 saturated heterocycles. The summed E-state index contributed by atoms with van der Waals surface area (Å²) in [5.74, 6) is 2.01. The molecule has 0 aromatic carbocycles. The fourth-order valence-corrected chi connectivity index (χ4v) is 2.88. The van der Waals surface area contributed by atoms with E-state index in [4.69, 9.17) is 4.42 Å². The second kappa shape index (κ2) is 5.63. The van der Waals surface area contributed by atoms with Gasteiger partial charge in [0.2, 0.25) is 0 Å². The number of likely N-dealkylation sites (tertiary alicyclic amines) is 1. The highest BCUT2D eigenvalue weighted by molar-refractivity contribution is 5.10. The van der Waals surface area contributed by atoms with Gasteiger partial charge < -0.3 is 9.40 Å². The molecular weight excluding hydrogens is 254 g/mol. The number of aryl methyl sites for hydroxylation is 1. The van der Waals surface area contributed by atoms with E-state index in [-0.39, 0.29) is 5.56 Å². The van der Waals surface area contributed by atoms with Crippen molar-refractivity contribution in [1.82, 2.24) is 14.9 Å². The molecule has 2 aromatic rings. The number of aromatic nitrogens is 2. The molecular formula is C15H19N3O2. The van der Waals surface area contributed by atoms with Crippen LogP contribution in [0.15, 0.2) is 33.7 Å². The number of furan rings is 1. The summed E-state index contributed by atoms with van der Waals surface area (Å²) in [7, 11) is 0. The van der Waals surface area contributed by atoms with E-state index in [2.05, 4.69) is 14.9 Å². The molecule has 0 radical (unpaired) electrons. The Kier molecular flexibility index (Phi) is 3.69. The van der Waals surface area contributed by atoms with Crippen LogP contribution in [0.1, 0.15) is 36.0 Å². The molecule has 1 unspecified atom stereocenters. The van der Waals surface area contributed by atoms with Gasteiger partial charge in [-0.1, -0.05) is 0 Å². The molecule has 1 atom stereocenters. The van der Waals surface area contributed by atoms with Crippen LogP contribution >= 0.6 is 0 Å². The van der Waals surface area contributed by atoms with Gasteiger partial charge in [0, 0.05) is 18.5 Å². The minimum atomic E-state index is -0.0596. The molecule has 3 heterocycles. The number of H-pyrrole nitrogens is 1. The Balaban J connectivity index is 1.72. The zero-order chi connectivity index (χ0) is 13.9. The molecule has 1 aliphatic rings. The van der Waals surface area contributed by atoms with Gasteiger partial charge in [-0.05, 0) is 38.4 Å². The van der Waals surface area contributed by atoms with Crippen molar-refractivity contribution < 1.29 is 4.42 Å². The molecule has 0 amide bonds. The maximum absolute atomic E-state index is 11.6. The molecule has 20 heavy (non-hydrogen) atoms. The van der Waals surface area contributed by atoms with E-state index in [9.17, 15) is 4.79 Å². The highest BCUT2D eigenvalue weighted by Crippen LogP contribution is 2.25. The Morgan fingerprint density at radius 2 is 2.45 bits per heavy atom. The van der Waals surface area contributed by atoms with E-state index in [0.29, 0.717) is 11.7 Å². The van der Waals surface area contributed by atoms with Gasteiger partial charge in [0.15, 0.2) is 0 Å². The fourth-order valence-electron chi connectivity index (χ4n) is 2.88. The van der Waals surface area contributed by atoms with Crippen LogP contribution in [0.3, 0.4) is 0 Å². The van der Waals surface area contributed by atoms with Gasteiger partial charge >= 0.3 is 0 Å². The molecule has 2 aromatic heterocycles. The summed E-state index contributed by atoms with van der Waals surface area (Å²) < 4.78 is 5.40. The summed E-state index contributed by atoms with van der Waals surface area (Å²) in [4.78, 5) is 21.1. The predicted molar refractivity (Wildman–Crippen MR) is 75.6 cm³/mol. The zero-order valence-corrected chi connectivity index (χ0v) is 11.6. The van der Waals surface area contributed by atoms with Crippen LogP contribution in [-0.4, -0.2) is 28.0 Å². The van der Waals surface area contributed by atoms with Crippen LogP contribution in [0.2, 0.25) is 0 Å². The van der Waals surface area contributed by atoms with Gasteiger partial charge in [-0.2, -0.15) is 0 Å². The van der Waals surface area contributed by atoms with Crippen LogP contribution in [0, 0.1) is 6.92 Å². The zero-order valence-electron chi connectivity index (χ0n) is 11.6. The lowest BCUT2D eigenvalue weighted by molar-refractivity contribution is 0.185. The number of piperidine rings is 1. The lowest BCUT2D eigenvalue weighted by Gasteiger charge is -2.31. The van der Waals surface area contributed by atoms with Crippen molar-refractivity contribution in [3.8, 4) is 0 Å². The van der Waals surface area contributed by atoms with E-state index < -0.39 is 0 Å². The van der Waals surface area contributed by atoms with E-state index in [1.807, 2.05) is 19.1 Å². The van der Waals surface area contributed by atoms with E-state index >= 15 is 0 Å². The molecule has 0 spiro atoms. The monoisotopic (exact) mass is 273 g/mol. The molecule has 5 nitrogen and oxygen atoms in total. The molecule has 1 aliphatic heterocycles. The quantitative estimate of drug-likeness (QED) is 0.929. The first-order valence-electron chi connectivity index (χ1n) is 7.03. The largest absolute Gasteiger partial charge is 0.468 e. The minimum absolute atomic E-state index is 0.0596. The smallest absolute Gasteiger partial charge is 0.251 e. The first-order valence-corrected chi connectivity index (χ1v) is 7.03. The third-order valence-electron chi connectivity index (χ3n) is 3.76. The molecule has 1 fully saturated rings. The standard InChI is InChI=1S/C15H19N3O2/c1-11-16-14(8-15(19)17-11)12-4-2-6-18(9-12)10-13-5-3-7-20-13/h3,5,7-8,12H,2,4,6,9-10H2,1H3,(H,16,17,19). The average molecular weight is 273 g/mol. The Bertz CT molecular complexity index is 618. The Morgan fingerprint density at radius 3 is 3.20 bits per heavy atom. The van der Waals surface area contributed by atoms with Crippen molar-refractivity contribution in [3.63, 3.8) is 0 Å². The molecule has 1 N–H and O–H groups in total. The first-order chi connectivity index (χ1) is 9.70. The maximum atomic E-state index is 11.6. The Hall–Kier alpha value is -1.88. The van der Waals surface area contributed by atoms with Gasteiger partial charge in [0.05, 0.1) is 18.5 Å². The second-order valence-electron chi connectivity index (χ2n) is 5.41. The second-order valence-corrected chi connectivity index (χ2v) is 5.41. The normalized spacial score (nSPS) is 20.1. The topological polar surface area (TPSA) is 62.1 Å². The van der Waals surface area contributed by atoms with Crippen molar-refractivity contribution in [2.45, 2.75) is 32.2 Å². The first kappa shape index (κ1) is 13.1. The lowest BCUT2D eigenvalue weighted by Crippen LogP contribution is -2.34. The Morgan fingerprint density at radius 1 is 1.55 bits per heavy atom. The van der Waals surface area contributed by atoms with Crippen molar-refractivity contribution in [2.75, 3.05) is 13.1 Å². The van der Waals surface area contributed by atoms with Gasteiger partial charge in [0.1, 0.15) is 11.6 Å². The minimum Gasteiger partial charge on any atom is -0.468 e. The number of nitrogens with zero attached hydrogens (tertiary/aromatic N) is 2. The molecule has 0 bridgehead atoms. The maximum Gasteiger partial charge on any atom is 0.251 e. The number of aromatic amines is 1. The van der Waals surface area contributed by atoms with E-state index in [1.54, 1.807) is 12.3 Å². The summed E-state index contributed by atoms with van der Waals surface area (Å²) >= 11 is 0. The van der Waals surface area contributed by atoms with Crippen molar-refractivity contribution >= 4 is 0 Å². The van der Waals surface area contributed by atoms with Crippen LogP contribution in [0.5, 0.6) is 0 Å². The van der Waals surface area contributed by atoms with Gasteiger partial charge in [-0.3, -0.25) is 9.69 Å². The van der Waals surface area contributed by atoms with Gasteiger partial charge in [0.25, 0.3) is 5.56 Å². The highest BCUT2D eigenvalue weighted by atomic mass is 16.3. The molecule has 0 saturated carbocycles. The van der Waals surface area contributed by atoms with E-state index in [1.165, 1.54) is 0 Å². The van der Waals surface area contributed by atoms with Gasteiger partial charge in [-0.15, -0.1) is 0 Å². The van der Waals surface area contributed by atoms with Crippen LogP contribution in [-0.2, 0) is 6.54 Å². The molecule has 3 rings (SSSR count). The fraction of sp³-hybridized carbons (Fsp3) is 0.467. The predicted octanol–water partition coefficient (Wildman–Crippen LogP) is 2.05. The van der Waals surface area contributed by atoms with Gasteiger partial charge in [-0.25, -0.2) is 4.98 Å². The summed E-state index contributed by atoms with van der Waals surface area (Å²) in [6.45, 7) is 4.65. The lowest BCUT2D eigenvalue weighted by atomic mass is 9.94. The van der Waals surface area contributed by atoms with Crippen molar-refractivity contribution in [1.29, 1.82) is 0 Å². The molecule has 5 heteroatoms. The summed E-state index contributed by atoms with van der Waals surface area (Å²) in [5.41, 5.74) is 0.853.